The van der Waals surface area contributed by atoms with Crippen LogP contribution in [-0.4, -0.2) is 22.6 Å². The topological polar surface area (TPSA) is 38.1 Å². The monoisotopic (exact) mass is 421 g/mol. The fraction of sp³-hybridized carbons (Fsp3) is 0.360. The molecule has 4 nitrogen and oxygen atoms in total. The summed E-state index contributed by atoms with van der Waals surface area (Å²) in [6, 6.07) is 16.4. The first-order valence-corrected chi connectivity index (χ1v) is 11.0. The molecular weight excluding hydrogens is 394 g/mol. The lowest BCUT2D eigenvalue weighted by atomic mass is 9.89. The molecule has 1 saturated heterocycles. The summed E-state index contributed by atoms with van der Waals surface area (Å²) in [7, 11) is 0. The van der Waals surface area contributed by atoms with Gasteiger partial charge in [0, 0.05) is 30.5 Å². The molecule has 0 N–H and O–H groups in total. The second-order valence-electron chi connectivity index (χ2n) is 8.38. The minimum atomic E-state index is -0.105. The van der Waals surface area contributed by atoms with E-state index in [2.05, 4.69) is 47.1 Å². The number of nitrogens with zero attached hydrogens (tertiary/aromatic N) is 3. The van der Waals surface area contributed by atoms with Gasteiger partial charge in [0.05, 0.1) is 10.7 Å². The molecule has 0 amide bonds. The first-order chi connectivity index (χ1) is 14.4. The van der Waals surface area contributed by atoms with E-state index in [0.29, 0.717) is 16.5 Å². The highest BCUT2D eigenvalue weighted by Crippen LogP contribution is 2.30. The molecule has 1 aliphatic rings. The van der Waals surface area contributed by atoms with Gasteiger partial charge in [0.1, 0.15) is 5.82 Å². The number of hydrogen-bond acceptors (Lipinski definition) is 3. The predicted octanol–water partition coefficient (Wildman–Crippen LogP) is 5.27. The fourth-order valence-corrected chi connectivity index (χ4v) is 4.73. The molecule has 0 unspecified atom stereocenters. The maximum absolute atomic E-state index is 12.5. The molecule has 2 heterocycles. The highest BCUT2D eigenvalue weighted by Gasteiger charge is 2.21. The van der Waals surface area contributed by atoms with Gasteiger partial charge in [0.25, 0.3) is 5.56 Å². The van der Waals surface area contributed by atoms with Crippen molar-refractivity contribution in [3.8, 4) is 5.69 Å². The van der Waals surface area contributed by atoms with E-state index in [0.717, 1.165) is 36.8 Å². The van der Waals surface area contributed by atoms with Crippen LogP contribution in [0.3, 0.4) is 0 Å². The predicted molar refractivity (Wildman–Crippen MR) is 124 cm³/mol. The average molecular weight is 422 g/mol. The SMILES string of the molecule is Cc1cccc(CC2CCN(c3ccc(-n4c(C)nc(C)cc4=O)c(Cl)c3)CC2)c1. The van der Waals surface area contributed by atoms with Crippen LogP contribution < -0.4 is 10.5 Å². The molecule has 1 fully saturated rings. The molecule has 0 saturated carbocycles. The summed E-state index contributed by atoms with van der Waals surface area (Å²) in [4.78, 5) is 19.3. The van der Waals surface area contributed by atoms with Crippen LogP contribution in [0.15, 0.2) is 53.3 Å². The molecule has 0 spiro atoms. The summed E-state index contributed by atoms with van der Waals surface area (Å²) in [6.07, 6.45) is 3.50. The van der Waals surface area contributed by atoms with E-state index in [1.165, 1.54) is 30.0 Å². The minimum Gasteiger partial charge on any atom is -0.371 e. The Balaban J connectivity index is 1.46. The number of aromatic nitrogens is 2. The summed E-state index contributed by atoms with van der Waals surface area (Å²) >= 11 is 6.60. The fourth-order valence-electron chi connectivity index (χ4n) is 4.47. The summed E-state index contributed by atoms with van der Waals surface area (Å²) in [5.74, 6) is 1.37. The van der Waals surface area contributed by atoms with Crippen LogP contribution in [-0.2, 0) is 6.42 Å². The summed E-state index contributed by atoms with van der Waals surface area (Å²) in [6.45, 7) is 7.86. The minimum absolute atomic E-state index is 0.105. The van der Waals surface area contributed by atoms with Crippen LogP contribution in [0.1, 0.15) is 35.5 Å². The zero-order chi connectivity index (χ0) is 21.3. The molecule has 3 aromatic rings. The zero-order valence-corrected chi connectivity index (χ0v) is 18.6. The largest absolute Gasteiger partial charge is 0.371 e. The second-order valence-corrected chi connectivity index (χ2v) is 8.78. The van der Waals surface area contributed by atoms with Crippen molar-refractivity contribution in [2.75, 3.05) is 18.0 Å². The third-order valence-corrected chi connectivity index (χ3v) is 6.28. The molecule has 5 heteroatoms. The van der Waals surface area contributed by atoms with Crippen molar-refractivity contribution in [3.63, 3.8) is 0 Å². The van der Waals surface area contributed by atoms with Gasteiger partial charge in [-0.2, -0.15) is 0 Å². The molecule has 30 heavy (non-hydrogen) atoms. The van der Waals surface area contributed by atoms with E-state index in [-0.39, 0.29) is 5.56 Å². The summed E-state index contributed by atoms with van der Waals surface area (Å²) < 4.78 is 1.58. The Morgan fingerprint density at radius 3 is 2.47 bits per heavy atom. The van der Waals surface area contributed by atoms with Crippen LogP contribution in [0.25, 0.3) is 5.69 Å². The van der Waals surface area contributed by atoms with Gasteiger partial charge >= 0.3 is 0 Å². The zero-order valence-electron chi connectivity index (χ0n) is 17.9. The van der Waals surface area contributed by atoms with Gasteiger partial charge in [-0.15, -0.1) is 0 Å². The van der Waals surface area contributed by atoms with Crippen molar-refractivity contribution in [1.29, 1.82) is 0 Å². The van der Waals surface area contributed by atoms with E-state index in [9.17, 15) is 4.79 Å². The van der Waals surface area contributed by atoms with Gasteiger partial charge in [-0.1, -0.05) is 41.4 Å². The van der Waals surface area contributed by atoms with Gasteiger partial charge in [0.15, 0.2) is 0 Å². The number of aryl methyl sites for hydroxylation is 3. The number of anilines is 1. The summed E-state index contributed by atoms with van der Waals surface area (Å²) in [5.41, 5.74) is 5.18. The van der Waals surface area contributed by atoms with Crippen LogP contribution in [0.5, 0.6) is 0 Å². The Bertz CT molecular complexity index is 1110. The maximum atomic E-state index is 12.5. The van der Waals surface area contributed by atoms with Crippen LogP contribution in [0, 0.1) is 26.7 Å². The molecular formula is C25H28ClN3O. The Morgan fingerprint density at radius 2 is 1.80 bits per heavy atom. The van der Waals surface area contributed by atoms with Gasteiger partial charge in [-0.05, 0) is 69.7 Å². The van der Waals surface area contributed by atoms with E-state index in [1.807, 2.05) is 26.0 Å². The van der Waals surface area contributed by atoms with Crippen molar-refractivity contribution in [2.24, 2.45) is 5.92 Å². The standard InChI is InChI=1S/C25H28ClN3O/c1-17-5-4-6-21(13-17)15-20-9-11-28(12-10-20)22-7-8-24(23(26)16-22)29-19(3)27-18(2)14-25(29)30/h4-8,13-14,16,20H,9-12,15H2,1-3H3. The molecule has 0 aliphatic carbocycles. The van der Waals surface area contributed by atoms with Crippen molar-refractivity contribution >= 4 is 17.3 Å². The van der Waals surface area contributed by atoms with E-state index in [1.54, 1.807) is 4.57 Å². The van der Waals surface area contributed by atoms with Crippen LogP contribution in [0.4, 0.5) is 5.69 Å². The molecule has 1 aromatic heterocycles. The molecule has 2 aromatic carbocycles. The molecule has 0 bridgehead atoms. The van der Waals surface area contributed by atoms with E-state index in [4.69, 9.17) is 11.6 Å². The van der Waals surface area contributed by atoms with E-state index < -0.39 is 0 Å². The third kappa shape index (κ3) is 4.44. The number of halogens is 1. The molecule has 4 rings (SSSR count). The van der Waals surface area contributed by atoms with Gasteiger partial charge in [-0.3, -0.25) is 9.36 Å². The smallest absolute Gasteiger partial charge is 0.258 e. The highest BCUT2D eigenvalue weighted by molar-refractivity contribution is 6.32. The molecule has 156 valence electrons. The van der Waals surface area contributed by atoms with E-state index >= 15 is 0 Å². The first kappa shape index (κ1) is 20.7. The first-order valence-electron chi connectivity index (χ1n) is 10.6. The van der Waals surface area contributed by atoms with Crippen molar-refractivity contribution in [1.82, 2.24) is 9.55 Å². The quantitative estimate of drug-likeness (QED) is 0.575. The lowest BCUT2D eigenvalue weighted by molar-refractivity contribution is 0.403. The second kappa shape index (κ2) is 8.65. The van der Waals surface area contributed by atoms with Gasteiger partial charge in [0.2, 0.25) is 0 Å². The highest BCUT2D eigenvalue weighted by atomic mass is 35.5. The Hall–Kier alpha value is -2.59. The van der Waals surface area contributed by atoms with Gasteiger partial charge in [-0.25, -0.2) is 4.98 Å². The number of benzene rings is 2. The molecule has 0 radical (unpaired) electrons. The molecule has 0 atom stereocenters. The number of piperidine rings is 1. The lowest BCUT2D eigenvalue weighted by Crippen LogP contribution is -2.34. The number of rotatable bonds is 4. The van der Waals surface area contributed by atoms with Crippen molar-refractivity contribution in [3.05, 3.63) is 86.6 Å². The van der Waals surface area contributed by atoms with Gasteiger partial charge < -0.3 is 4.90 Å². The average Bonchev–Trinajstić information content (AvgIpc) is 2.69. The van der Waals surface area contributed by atoms with Crippen LogP contribution >= 0.6 is 11.6 Å². The third-order valence-electron chi connectivity index (χ3n) is 5.97. The maximum Gasteiger partial charge on any atom is 0.258 e. The number of hydrogen-bond donors (Lipinski definition) is 0. The van der Waals surface area contributed by atoms with Crippen molar-refractivity contribution in [2.45, 2.75) is 40.0 Å². The summed E-state index contributed by atoms with van der Waals surface area (Å²) in [5, 5.41) is 0.574. The lowest BCUT2D eigenvalue weighted by Gasteiger charge is -2.34. The Kier molecular flexibility index (Phi) is 5.96. The Labute approximate surface area is 183 Å². The Morgan fingerprint density at radius 1 is 1.03 bits per heavy atom. The normalized spacial score (nSPS) is 14.9. The molecule has 1 aliphatic heterocycles. The van der Waals surface area contributed by atoms with Crippen molar-refractivity contribution < 1.29 is 0 Å². The van der Waals surface area contributed by atoms with Crippen LogP contribution in [0.2, 0.25) is 5.02 Å².